The highest BCUT2D eigenvalue weighted by Crippen LogP contribution is 2.29. The first kappa shape index (κ1) is 18.6. The molecule has 2 aromatic heterocycles. The Morgan fingerprint density at radius 3 is 2.67 bits per heavy atom. The Morgan fingerprint density at radius 1 is 1.07 bits per heavy atom. The summed E-state index contributed by atoms with van der Waals surface area (Å²) in [4.78, 5) is 14.4. The number of carbonyl (C=O) groups is 1. The number of aromatic nitrogens is 1. The largest absolute Gasteiger partial charge is 0.463 e. The first-order valence-electron chi connectivity index (χ1n) is 10.4. The van der Waals surface area contributed by atoms with E-state index in [1.54, 1.807) is 12.3 Å². The summed E-state index contributed by atoms with van der Waals surface area (Å²) in [5.41, 5.74) is 2.27. The molecule has 1 amide bonds. The lowest BCUT2D eigenvalue weighted by Gasteiger charge is -2.23. The quantitative estimate of drug-likeness (QED) is 0.519. The predicted octanol–water partition coefficient (Wildman–Crippen LogP) is 3.24. The topological polar surface area (TPSA) is 72.7 Å². The zero-order valence-corrected chi connectivity index (χ0v) is 16.6. The number of hydrogen-bond acceptors (Lipinski definition) is 4. The molecule has 0 saturated carbocycles. The van der Waals surface area contributed by atoms with Crippen LogP contribution in [0.4, 0.5) is 0 Å². The highest BCUT2D eigenvalue weighted by atomic mass is 16.5. The van der Waals surface area contributed by atoms with Crippen LogP contribution >= 0.6 is 0 Å². The lowest BCUT2D eigenvalue weighted by atomic mass is 10.1. The van der Waals surface area contributed by atoms with E-state index in [0.29, 0.717) is 17.9 Å². The summed E-state index contributed by atoms with van der Waals surface area (Å²) in [6.07, 6.45) is 4.13. The molecule has 30 heavy (non-hydrogen) atoms. The van der Waals surface area contributed by atoms with Gasteiger partial charge in [-0.1, -0.05) is 35.5 Å². The first-order valence-corrected chi connectivity index (χ1v) is 10.4. The van der Waals surface area contributed by atoms with Crippen molar-refractivity contribution in [1.29, 1.82) is 0 Å². The van der Waals surface area contributed by atoms with Gasteiger partial charge in [-0.2, -0.15) is 0 Å². The van der Waals surface area contributed by atoms with E-state index >= 15 is 0 Å². The Hall–Kier alpha value is -3.38. The Labute approximate surface area is 174 Å². The van der Waals surface area contributed by atoms with E-state index in [9.17, 15) is 4.79 Å². The summed E-state index contributed by atoms with van der Waals surface area (Å²) < 4.78 is 11.2. The second-order valence-corrected chi connectivity index (χ2v) is 7.75. The number of quaternary nitrogens is 1. The highest BCUT2D eigenvalue weighted by molar-refractivity contribution is 6.00. The van der Waals surface area contributed by atoms with Gasteiger partial charge < -0.3 is 19.2 Å². The molecule has 6 nitrogen and oxygen atoms in total. The summed E-state index contributed by atoms with van der Waals surface area (Å²) in [5, 5.41) is 8.08. The van der Waals surface area contributed by atoms with Gasteiger partial charge in [-0.25, -0.2) is 0 Å². The molecule has 152 valence electrons. The van der Waals surface area contributed by atoms with Crippen molar-refractivity contribution in [3.63, 3.8) is 0 Å². The molecular formula is C24H24N3O3+. The van der Waals surface area contributed by atoms with Crippen molar-refractivity contribution in [3.05, 3.63) is 78.3 Å². The zero-order valence-electron chi connectivity index (χ0n) is 16.6. The molecule has 1 aliphatic rings. The molecule has 2 aromatic carbocycles. The van der Waals surface area contributed by atoms with E-state index in [4.69, 9.17) is 8.94 Å². The summed E-state index contributed by atoms with van der Waals surface area (Å²) in [6.45, 7) is 2.75. The van der Waals surface area contributed by atoms with Gasteiger partial charge in [0.15, 0.2) is 17.6 Å². The second-order valence-electron chi connectivity index (χ2n) is 7.75. The lowest BCUT2D eigenvalue weighted by molar-refractivity contribution is -0.919. The van der Waals surface area contributed by atoms with Gasteiger partial charge in [-0.15, -0.1) is 0 Å². The van der Waals surface area contributed by atoms with E-state index in [-0.39, 0.29) is 11.9 Å². The van der Waals surface area contributed by atoms with E-state index < -0.39 is 0 Å². The van der Waals surface area contributed by atoms with Crippen LogP contribution < -0.4 is 10.2 Å². The molecule has 1 fully saturated rings. The average molecular weight is 402 g/mol. The maximum absolute atomic E-state index is 12.9. The van der Waals surface area contributed by atoms with Crippen LogP contribution in [0.15, 0.2) is 75.9 Å². The summed E-state index contributed by atoms with van der Waals surface area (Å²) in [6, 6.07) is 19.3. The molecule has 5 rings (SSSR count). The number of hydrogen-bond donors (Lipinski definition) is 2. The third-order valence-corrected chi connectivity index (χ3v) is 5.87. The van der Waals surface area contributed by atoms with E-state index in [2.05, 4.69) is 10.5 Å². The smallest absolute Gasteiger partial charge is 0.251 e. The van der Waals surface area contributed by atoms with Crippen LogP contribution in [-0.4, -0.2) is 30.7 Å². The maximum Gasteiger partial charge on any atom is 0.251 e. The molecule has 0 unspecified atom stereocenters. The monoisotopic (exact) mass is 402 g/mol. The van der Waals surface area contributed by atoms with Crippen molar-refractivity contribution in [2.45, 2.75) is 18.9 Å². The lowest BCUT2D eigenvalue weighted by Crippen LogP contribution is -3.11. The Kier molecular flexibility index (Phi) is 5.07. The van der Waals surface area contributed by atoms with Crippen LogP contribution in [0.5, 0.6) is 0 Å². The summed E-state index contributed by atoms with van der Waals surface area (Å²) in [7, 11) is 0. The number of amides is 1. The Morgan fingerprint density at radius 2 is 1.90 bits per heavy atom. The van der Waals surface area contributed by atoms with Gasteiger partial charge in [0.25, 0.3) is 5.91 Å². The number of furan rings is 1. The van der Waals surface area contributed by atoms with Crippen LogP contribution in [-0.2, 0) is 0 Å². The van der Waals surface area contributed by atoms with Crippen molar-refractivity contribution in [2.24, 2.45) is 0 Å². The Balaban J connectivity index is 1.36. The number of carbonyl (C=O) groups excluding carboxylic acids is 1. The number of nitrogens with zero attached hydrogens (tertiary/aromatic N) is 1. The van der Waals surface area contributed by atoms with Crippen molar-refractivity contribution >= 4 is 16.8 Å². The van der Waals surface area contributed by atoms with Crippen LogP contribution in [0.3, 0.4) is 0 Å². The number of likely N-dealkylation sites (tertiary alicyclic amines) is 1. The van der Waals surface area contributed by atoms with E-state index in [1.165, 1.54) is 17.7 Å². The number of nitrogens with one attached hydrogen (secondary N) is 2. The summed E-state index contributed by atoms with van der Waals surface area (Å²) in [5.74, 6) is 1.50. The van der Waals surface area contributed by atoms with Crippen LogP contribution in [0.1, 0.15) is 35.0 Å². The second kappa shape index (κ2) is 8.16. The average Bonchev–Trinajstić information content (AvgIpc) is 3.56. The van der Waals surface area contributed by atoms with Crippen molar-refractivity contribution in [2.75, 3.05) is 19.6 Å². The highest BCUT2D eigenvalue weighted by Gasteiger charge is 2.30. The van der Waals surface area contributed by atoms with Crippen LogP contribution in [0, 0.1) is 0 Å². The molecule has 0 spiro atoms. The fourth-order valence-electron chi connectivity index (χ4n) is 4.29. The molecule has 1 atom stereocenters. The molecule has 2 N–H and O–H groups in total. The summed E-state index contributed by atoms with van der Waals surface area (Å²) >= 11 is 0. The molecule has 6 heteroatoms. The predicted molar refractivity (Wildman–Crippen MR) is 113 cm³/mol. The molecule has 4 aromatic rings. The van der Waals surface area contributed by atoms with Crippen molar-refractivity contribution < 1.29 is 18.6 Å². The minimum absolute atomic E-state index is 0.104. The van der Waals surface area contributed by atoms with Crippen LogP contribution in [0.2, 0.25) is 0 Å². The van der Waals surface area contributed by atoms with Gasteiger partial charge in [-0.3, -0.25) is 4.79 Å². The number of benzene rings is 2. The van der Waals surface area contributed by atoms with Crippen molar-refractivity contribution in [1.82, 2.24) is 10.5 Å². The normalized spacial score (nSPS) is 15.5. The van der Waals surface area contributed by atoms with Gasteiger partial charge in [0, 0.05) is 24.0 Å². The molecule has 0 aliphatic carbocycles. The maximum atomic E-state index is 12.9. The zero-order chi connectivity index (χ0) is 20.3. The van der Waals surface area contributed by atoms with Crippen LogP contribution in [0.25, 0.3) is 22.2 Å². The van der Waals surface area contributed by atoms with E-state index in [1.807, 2.05) is 54.6 Å². The SMILES string of the molecule is O=C(NC[C@H](c1ccco1)[NH+]1CCCC1)c1ccc2noc(-c3ccccc3)c2c1. The standard InChI is InChI=1S/C24H23N3O3/c28-24(25-16-21(22-9-6-14-29-22)27-12-4-5-13-27)18-10-11-20-19(15-18)23(30-26-20)17-7-2-1-3-8-17/h1-3,6-11,14-15,21H,4-5,12-13,16H2,(H,25,28)/p+1/t21-/m1/s1. The fraction of sp³-hybridized carbons (Fsp3) is 0.250. The Bertz CT molecular complexity index is 1130. The van der Waals surface area contributed by atoms with Gasteiger partial charge in [-0.05, 0) is 30.3 Å². The van der Waals surface area contributed by atoms with Crippen molar-refractivity contribution in [3.8, 4) is 11.3 Å². The molecule has 0 bridgehead atoms. The number of fused-ring (bicyclic) bond motifs is 1. The van der Waals surface area contributed by atoms with Gasteiger partial charge in [0.2, 0.25) is 0 Å². The van der Waals surface area contributed by atoms with E-state index in [0.717, 1.165) is 35.3 Å². The third kappa shape index (κ3) is 3.62. The number of rotatable bonds is 6. The molecule has 1 saturated heterocycles. The first-order chi connectivity index (χ1) is 14.8. The van der Waals surface area contributed by atoms with Gasteiger partial charge >= 0.3 is 0 Å². The molecule has 1 aliphatic heterocycles. The molecular weight excluding hydrogens is 378 g/mol. The molecule has 0 radical (unpaired) electrons. The third-order valence-electron chi connectivity index (χ3n) is 5.87. The fourth-order valence-corrected chi connectivity index (χ4v) is 4.29. The van der Waals surface area contributed by atoms with Gasteiger partial charge in [0.05, 0.1) is 31.3 Å². The molecule has 3 heterocycles. The minimum Gasteiger partial charge on any atom is -0.463 e. The van der Waals surface area contributed by atoms with Gasteiger partial charge in [0.1, 0.15) is 5.52 Å². The minimum atomic E-state index is -0.104.